The van der Waals surface area contributed by atoms with E-state index in [9.17, 15) is 0 Å². The third-order valence-corrected chi connectivity index (χ3v) is 3.05. The minimum atomic E-state index is 0.658. The zero-order chi connectivity index (χ0) is 13.5. The molecule has 0 aromatic rings. The molecular formula is C16H35NO. The van der Waals surface area contributed by atoms with E-state index in [-0.39, 0.29) is 0 Å². The van der Waals surface area contributed by atoms with Gasteiger partial charge in [-0.2, -0.15) is 0 Å². The van der Waals surface area contributed by atoms with Gasteiger partial charge in [0.15, 0.2) is 0 Å². The number of unbranched alkanes of at least 4 members (excludes halogenated alkanes) is 6. The van der Waals surface area contributed by atoms with Crippen molar-refractivity contribution in [2.75, 3.05) is 26.3 Å². The molecule has 18 heavy (non-hydrogen) atoms. The van der Waals surface area contributed by atoms with Gasteiger partial charge in [0.25, 0.3) is 0 Å². The summed E-state index contributed by atoms with van der Waals surface area (Å²) in [6, 6.07) is 0. The van der Waals surface area contributed by atoms with E-state index in [0.29, 0.717) is 5.92 Å². The van der Waals surface area contributed by atoms with E-state index >= 15 is 0 Å². The first kappa shape index (κ1) is 17.9. The summed E-state index contributed by atoms with van der Waals surface area (Å²) in [7, 11) is 0. The Morgan fingerprint density at radius 3 is 2.11 bits per heavy atom. The highest BCUT2D eigenvalue weighted by Crippen LogP contribution is 2.06. The zero-order valence-electron chi connectivity index (χ0n) is 13.0. The van der Waals surface area contributed by atoms with Gasteiger partial charge in [0.05, 0.1) is 0 Å². The Morgan fingerprint density at radius 2 is 1.44 bits per heavy atom. The summed E-state index contributed by atoms with van der Waals surface area (Å²) < 4.78 is 5.54. The van der Waals surface area contributed by atoms with Crippen molar-refractivity contribution in [3.63, 3.8) is 0 Å². The molecule has 0 amide bonds. The Morgan fingerprint density at radius 1 is 0.833 bits per heavy atom. The number of rotatable bonds is 14. The average Bonchev–Trinajstić information content (AvgIpc) is 2.34. The van der Waals surface area contributed by atoms with Crippen LogP contribution < -0.4 is 5.32 Å². The smallest absolute Gasteiger partial charge is 0.0489 e. The first-order chi connectivity index (χ1) is 8.77. The van der Waals surface area contributed by atoms with E-state index in [1.165, 1.54) is 51.5 Å². The summed E-state index contributed by atoms with van der Waals surface area (Å²) >= 11 is 0. The topological polar surface area (TPSA) is 21.3 Å². The van der Waals surface area contributed by atoms with Gasteiger partial charge >= 0.3 is 0 Å². The summed E-state index contributed by atoms with van der Waals surface area (Å²) in [5, 5.41) is 3.50. The number of nitrogens with one attached hydrogen (secondary N) is 1. The predicted octanol–water partition coefficient (Wildman–Crippen LogP) is 4.39. The Labute approximate surface area is 115 Å². The van der Waals surface area contributed by atoms with Crippen LogP contribution in [0, 0.1) is 5.92 Å². The summed E-state index contributed by atoms with van der Waals surface area (Å²) in [6.07, 6.45) is 10.9. The molecule has 0 heterocycles. The van der Waals surface area contributed by atoms with Crippen molar-refractivity contribution in [2.24, 2.45) is 5.92 Å². The van der Waals surface area contributed by atoms with Crippen LogP contribution in [0.4, 0.5) is 0 Å². The van der Waals surface area contributed by atoms with Crippen LogP contribution in [-0.4, -0.2) is 26.3 Å². The van der Waals surface area contributed by atoms with Crippen LogP contribution in [0.1, 0.15) is 72.1 Å². The molecule has 2 heteroatoms. The number of hydrogen-bond acceptors (Lipinski definition) is 2. The molecule has 0 unspecified atom stereocenters. The SMILES string of the molecule is CCCCCCCCCNCCCOCC(C)C. The molecule has 0 fully saturated rings. The lowest BCUT2D eigenvalue weighted by Crippen LogP contribution is -2.18. The van der Waals surface area contributed by atoms with E-state index in [0.717, 1.165) is 26.2 Å². The maximum absolute atomic E-state index is 5.54. The minimum absolute atomic E-state index is 0.658. The molecule has 0 spiro atoms. The Bertz CT molecular complexity index is 148. The Balaban J connectivity index is 2.90. The molecule has 0 saturated carbocycles. The van der Waals surface area contributed by atoms with Gasteiger partial charge < -0.3 is 10.1 Å². The standard InChI is InChI=1S/C16H35NO/c1-4-5-6-7-8-9-10-12-17-13-11-14-18-15-16(2)3/h16-17H,4-15H2,1-3H3. The first-order valence-corrected chi connectivity index (χ1v) is 8.05. The normalized spacial score (nSPS) is 11.3. The maximum atomic E-state index is 5.54. The monoisotopic (exact) mass is 257 g/mol. The summed E-state index contributed by atoms with van der Waals surface area (Å²) in [4.78, 5) is 0. The molecule has 0 atom stereocenters. The van der Waals surface area contributed by atoms with Crippen LogP contribution in [0.5, 0.6) is 0 Å². The van der Waals surface area contributed by atoms with Gasteiger partial charge in [-0.15, -0.1) is 0 Å². The van der Waals surface area contributed by atoms with Gasteiger partial charge in [0.2, 0.25) is 0 Å². The Hall–Kier alpha value is -0.0800. The molecule has 0 radical (unpaired) electrons. The van der Waals surface area contributed by atoms with E-state index in [4.69, 9.17) is 4.74 Å². The van der Waals surface area contributed by atoms with Gasteiger partial charge in [-0.1, -0.05) is 59.3 Å². The summed E-state index contributed by atoms with van der Waals surface area (Å²) in [6.45, 7) is 10.7. The minimum Gasteiger partial charge on any atom is -0.381 e. The van der Waals surface area contributed by atoms with Gasteiger partial charge in [0.1, 0.15) is 0 Å². The van der Waals surface area contributed by atoms with Crippen molar-refractivity contribution in [2.45, 2.75) is 72.1 Å². The van der Waals surface area contributed by atoms with Crippen molar-refractivity contribution >= 4 is 0 Å². The molecule has 0 saturated heterocycles. The lowest BCUT2D eigenvalue weighted by atomic mass is 10.1. The fraction of sp³-hybridized carbons (Fsp3) is 1.00. The highest BCUT2D eigenvalue weighted by atomic mass is 16.5. The summed E-state index contributed by atoms with van der Waals surface area (Å²) in [5.74, 6) is 0.658. The van der Waals surface area contributed by atoms with Gasteiger partial charge in [0, 0.05) is 13.2 Å². The van der Waals surface area contributed by atoms with Crippen molar-refractivity contribution in [3.05, 3.63) is 0 Å². The van der Waals surface area contributed by atoms with Crippen LogP contribution in [0.15, 0.2) is 0 Å². The molecule has 0 aromatic carbocycles. The number of hydrogen-bond donors (Lipinski definition) is 1. The highest BCUT2D eigenvalue weighted by molar-refractivity contribution is 4.50. The number of ether oxygens (including phenoxy) is 1. The van der Waals surface area contributed by atoms with Crippen molar-refractivity contribution in [1.29, 1.82) is 0 Å². The van der Waals surface area contributed by atoms with Crippen molar-refractivity contribution < 1.29 is 4.74 Å². The van der Waals surface area contributed by atoms with Crippen molar-refractivity contribution in [3.8, 4) is 0 Å². The second-order valence-electron chi connectivity index (χ2n) is 5.69. The molecule has 1 N–H and O–H groups in total. The fourth-order valence-corrected chi connectivity index (χ4v) is 1.95. The third-order valence-electron chi connectivity index (χ3n) is 3.05. The third kappa shape index (κ3) is 15.9. The van der Waals surface area contributed by atoms with Crippen LogP contribution >= 0.6 is 0 Å². The predicted molar refractivity (Wildman–Crippen MR) is 81.1 cm³/mol. The molecule has 0 aliphatic rings. The molecule has 0 aliphatic carbocycles. The van der Waals surface area contributed by atoms with E-state index < -0.39 is 0 Å². The van der Waals surface area contributed by atoms with E-state index in [1.54, 1.807) is 0 Å². The second kappa shape index (κ2) is 15.0. The van der Waals surface area contributed by atoms with Crippen molar-refractivity contribution in [1.82, 2.24) is 5.32 Å². The van der Waals surface area contributed by atoms with Crippen LogP contribution in [-0.2, 0) is 4.74 Å². The van der Waals surface area contributed by atoms with Crippen LogP contribution in [0.25, 0.3) is 0 Å². The van der Waals surface area contributed by atoms with Gasteiger partial charge in [-0.25, -0.2) is 0 Å². The Kier molecular flexibility index (Phi) is 14.9. The van der Waals surface area contributed by atoms with Crippen LogP contribution in [0.2, 0.25) is 0 Å². The molecule has 0 rings (SSSR count). The van der Waals surface area contributed by atoms with Crippen LogP contribution in [0.3, 0.4) is 0 Å². The lowest BCUT2D eigenvalue weighted by molar-refractivity contribution is 0.108. The fourth-order valence-electron chi connectivity index (χ4n) is 1.95. The molecule has 0 bridgehead atoms. The van der Waals surface area contributed by atoms with Gasteiger partial charge in [-0.05, 0) is 31.8 Å². The molecular weight excluding hydrogens is 222 g/mol. The van der Waals surface area contributed by atoms with E-state index in [1.807, 2.05) is 0 Å². The lowest BCUT2D eigenvalue weighted by Gasteiger charge is -2.07. The largest absolute Gasteiger partial charge is 0.381 e. The zero-order valence-corrected chi connectivity index (χ0v) is 13.0. The summed E-state index contributed by atoms with van der Waals surface area (Å²) in [5.41, 5.74) is 0. The maximum Gasteiger partial charge on any atom is 0.0489 e. The van der Waals surface area contributed by atoms with E-state index in [2.05, 4.69) is 26.1 Å². The highest BCUT2D eigenvalue weighted by Gasteiger charge is 1.94. The molecule has 110 valence electrons. The molecule has 2 nitrogen and oxygen atoms in total. The molecule has 0 aromatic heterocycles. The first-order valence-electron chi connectivity index (χ1n) is 8.05. The molecule has 0 aliphatic heterocycles. The average molecular weight is 257 g/mol. The quantitative estimate of drug-likeness (QED) is 0.466. The second-order valence-corrected chi connectivity index (χ2v) is 5.69. The van der Waals surface area contributed by atoms with Gasteiger partial charge in [-0.3, -0.25) is 0 Å².